The van der Waals surface area contributed by atoms with E-state index >= 15 is 0 Å². The second kappa shape index (κ2) is 6.45. The average molecular weight is 343 g/mol. The first-order chi connectivity index (χ1) is 10.1. The van der Waals surface area contributed by atoms with E-state index in [1.807, 2.05) is 18.2 Å². The number of rotatable bonds is 5. The first kappa shape index (κ1) is 15.0. The Kier molecular flexibility index (Phi) is 4.60. The van der Waals surface area contributed by atoms with Gasteiger partial charge in [0.2, 0.25) is 0 Å². The van der Waals surface area contributed by atoms with Crippen LogP contribution in [0.3, 0.4) is 0 Å². The van der Waals surface area contributed by atoms with Crippen LogP contribution in [0.2, 0.25) is 15.1 Å². The van der Waals surface area contributed by atoms with Crippen LogP contribution in [0.25, 0.3) is 0 Å². The summed E-state index contributed by atoms with van der Waals surface area (Å²) < 4.78 is 5.74. The molecule has 2 aromatic carbocycles. The van der Waals surface area contributed by atoms with Crippen molar-refractivity contribution in [2.24, 2.45) is 0 Å². The lowest BCUT2D eigenvalue weighted by molar-refractivity contribution is 0.482. The van der Waals surface area contributed by atoms with Gasteiger partial charge in [-0.15, -0.1) is 0 Å². The molecule has 1 fully saturated rings. The summed E-state index contributed by atoms with van der Waals surface area (Å²) in [6.45, 7) is 0.788. The van der Waals surface area contributed by atoms with Gasteiger partial charge in [0.05, 0.1) is 10.0 Å². The fourth-order valence-electron chi connectivity index (χ4n) is 1.95. The van der Waals surface area contributed by atoms with Crippen molar-refractivity contribution in [1.29, 1.82) is 0 Å². The molecular formula is C16H14Cl3NO. The highest BCUT2D eigenvalue weighted by atomic mass is 35.5. The van der Waals surface area contributed by atoms with Crippen LogP contribution >= 0.6 is 34.8 Å². The van der Waals surface area contributed by atoms with Gasteiger partial charge in [0, 0.05) is 23.7 Å². The largest absolute Gasteiger partial charge is 0.457 e. The quantitative estimate of drug-likeness (QED) is 0.753. The van der Waals surface area contributed by atoms with Gasteiger partial charge in [-0.2, -0.15) is 0 Å². The summed E-state index contributed by atoms with van der Waals surface area (Å²) in [5, 5.41) is 5.10. The van der Waals surface area contributed by atoms with Crippen LogP contribution in [0.1, 0.15) is 18.4 Å². The van der Waals surface area contributed by atoms with Crippen molar-refractivity contribution in [2.45, 2.75) is 25.4 Å². The zero-order valence-corrected chi connectivity index (χ0v) is 13.5. The van der Waals surface area contributed by atoms with E-state index in [0.717, 1.165) is 12.1 Å². The van der Waals surface area contributed by atoms with Gasteiger partial charge >= 0.3 is 0 Å². The lowest BCUT2D eigenvalue weighted by atomic mass is 10.2. The second-order valence-electron chi connectivity index (χ2n) is 5.09. The molecule has 1 saturated carbocycles. The Balaban J connectivity index is 1.70. The molecular weight excluding hydrogens is 329 g/mol. The zero-order chi connectivity index (χ0) is 14.8. The lowest BCUT2D eigenvalue weighted by Gasteiger charge is -2.10. The van der Waals surface area contributed by atoms with Crippen LogP contribution in [0.4, 0.5) is 0 Å². The molecule has 110 valence electrons. The topological polar surface area (TPSA) is 21.3 Å². The molecule has 0 aromatic heterocycles. The fourth-order valence-corrected chi connectivity index (χ4v) is 2.48. The van der Waals surface area contributed by atoms with Gasteiger partial charge in [-0.3, -0.25) is 0 Å². The van der Waals surface area contributed by atoms with E-state index in [9.17, 15) is 0 Å². The van der Waals surface area contributed by atoms with Crippen LogP contribution in [0.15, 0.2) is 36.4 Å². The van der Waals surface area contributed by atoms with Gasteiger partial charge in [0.1, 0.15) is 11.5 Å². The molecule has 0 bridgehead atoms. The van der Waals surface area contributed by atoms with Gasteiger partial charge in [-0.05, 0) is 42.7 Å². The number of halogens is 3. The molecule has 1 N–H and O–H groups in total. The van der Waals surface area contributed by atoms with Crippen LogP contribution < -0.4 is 10.1 Å². The molecule has 0 radical (unpaired) electrons. The summed E-state index contributed by atoms with van der Waals surface area (Å²) in [5.74, 6) is 1.30. The maximum absolute atomic E-state index is 6.29. The minimum atomic E-state index is 0.463. The van der Waals surface area contributed by atoms with Crippen molar-refractivity contribution in [3.8, 4) is 11.5 Å². The molecule has 0 atom stereocenters. The molecule has 0 heterocycles. The van der Waals surface area contributed by atoms with Crippen LogP contribution in [0, 0.1) is 0 Å². The van der Waals surface area contributed by atoms with E-state index in [1.165, 1.54) is 12.8 Å². The lowest BCUT2D eigenvalue weighted by Crippen LogP contribution is -2.15. The molecule has 0 saturated heterocycles. The summed E-state index contributed by atoms with van der Waals surface area (Å²) in [7, 11) is 0. The predicted octanol–water partition coefficient (Wildman–Crippen LogP) is 5.69. The van der Waals surface area contributed by atoms with E-state index in [1.54, 1.807) is 18.2 Å². The molecule has 21 heavy (non-hydrogen) atoms. The van der Waals surface area contributed by atoms with Crippen LogP contribution in [-0.2, 0) is 6.54 Å². The average Bonchev–Trinajstić information content (AvgIpc) is 3.26. The Morgan fingerprint density at radius 2 is 1.57 bits per heavy atom. The van der Waals surface area contributed by atoms with E-state index in [4.69, 9.17) is 39.5 Å². The van der Waals surface area contributed by atoms with Crippen molar-refractivity contribution in [2.75, 3.05) is 0 Å². The van der Waals surface area contributed by atoms with E-state index < -0.39 is 0 Å². The number of benzene rings is 2. The van der Waals surface area contributed by atoms with Crippen LogP contribution in [-0.4, -0.2) is 6.04 Å². The molecule has 3 rings (SSSR count). The summed E-state index contributed by atoms with van der Waals surface area (Å²) in [6, 6.07) is 11.5. The first-order valence-electron chi connectivity index (χ1n) is 6.76. The molecule has 1 aliphatic carbocycles. The highest BCUT2D eigenvalue weighted by Crippen LogP contribution is 2.31. The third-order valence-electron chi connectivity index (χ3n) is 3.31. The predicted molar refractivity (Wildman–Crippen MR) is 87.8 cm³/mol. The third-order valence-corrected chi connectivity index (χ3v) is 4.40. The van der Waals surface area contributed by atoms with E-state index in [0.29, 0.717) is 32.6 Å². The zero-order valence-electron chi connectivity index (χ0n) is 11.2. The molecule has 0 amide bonds. The monoisotopic (exact) mass is 341 g/mol. The minimum Gasteiger partial charge on any atom is -0.457 e. The van der Waals surface area contributed by atoms with Crippen molar-refractivity contribution in [1.82, 2.24) is 5.32 Å². The summed E-state index contributed by atoms with van der Waals surface area (Å²) in [6.07, 6.45) is 2.52. The van der Waals surface area contributed by atoms with Crippen LogP contribution in [0.5, 0.6) is 11.5 Å². The van der Waals surface area contributed by atoms with Crippen molar-refractivity contribution >= 4 is 34.8 Å². The molecule has 1 aliphatic rings. The number of nitrogens with one attached hydrogen (secondary N) is 1. The molecule has 0 aliphatic heterocycles. The highest BCUT2D eigenvalue weighted by Gasteiger charge is 2.20. The molecule has 5 heteroatoms. The summed E-state index contributed by atoms with van der Waals surface area (Å²) in [5.41, 5.74) is 1.07. The third kappa shape index (κ3) is 4.04. The molecule has 2 nitrogen and oxygen atoms in total. The summed E-state index contributed by atoms with van der Waals surface area (Å²) in [4.78, 5) is 0. The number of hydrogen-bond acceptors (Lipinski definition) is 2. The van der Waals surface area contributed by atoms with E-state index in [-0.39, 0.29) is 0 Å². The van der Waals surface area contributed by atoms with Gasteiger partial charge in [0.15, 0.2) is 0 Å². The number of ether oxygens (including phenoxy) is 1. The van der Waals surface area contributed by atoms with Crippen molar-refractivity contribution < 1.29 is 4.74 Å². The molecule has 0 unspecified atom stereocenters. The minimum absolute atomic E-state index is 0.463. The van der Waals surface area contributed by atoms with Gasteiger partial charge < -0.3 is 10.1 Å². The molecule has 2 aromatic rings. The maximum atomic E-state index is 6.29. The van der Waals surface area contributed by atoms with Crippen molar-refractivity contribution in [3.05, 3.63) is 57.0 Å². The fraction of sp³-hybridized carbons (Fsp3) is 0.250. The first-order valence-corrected chi connectivity index (χ1v) is 7.90. The second-order valence-corrected chi connectivity index (χ2v) is 6.31. The Hall–Kier alpha value is -0.930. The SMILES string of the molecule is Clc1ccc(Oc2ccc(CNC3CC3)c(Cl)c2)cc1Cl. The smallest absolute Gasteiger partial charge is 0.129 e. The van der Waals surface area contributed by atoms with Gasteiger partial charge in [-0.25, -0.2) is 0 Å². The van der Waals surface area contributed by atoms with Crippen molar-refractivity contribution in [3.63, 3.8) is 0 Å². The Morgan fingerprint density at radius 3 is 2.19 bits per heavy atom. The summed E-state index contributed by atoms with van der Waals surface area (Å²) >= 11 is 18.1. The standard InChI is InChI=1S/C16H14Cl3NO/c17-14-6-5-13(8-16(14)19)21-12-4-1-10(15(18)7-12)9-20-11-2-3-11/h1,4-8,11,20H,2-3,9H2. The maximum Gasteiger partial charge on any atom is 0.129 e. The Morgan fingerprint density at radius 1 is 0.905 bits per heavy atom. The Bertz CT molecular complexity index is 656. The highest BCUT2D eigenvalue weighted by molar-refractivity contribution is 6.42. The van der Waals surface area contributed by atoms with E-state index in [2.05, 4.69) is 5.32 Å². The molecule has 0 spiro atoms. The van der Waals surface area contributed by atoms with Gasteiger partial charge in [0.25, 0.3) is 0 Å². The normalized spacial score (nSPS) is 14.2. The number of hydrogen-bond donors (Lipinski definition) is 1. The Labute approximate surface area is 139 Å². The van der Waals surface area contributed by atoms with Gasteiger partial charge in [-0.1, -0.05) is 40.9 Å².